The SMILES string of the molecule is CCN(CCO)C(=O)CNC(=O)c1ccccc1Cl. The van der Waals surface area contributed by atoms with Gasteiger partial charge in [-0.05, 0) is 19.1 Å². The molecule has 6 heteroatoms. The smallest absolute Gasteiger partial charge is 0.253 e. The number of halogens is 1. The van der Waals surface area contributed by atoms with Crippen LogP contribution in [0.5, 0.6) is 0 Å². The highest BCUT2D eigenvalue weighted by molar-refractivity contribution is 6.33. The van der Waals surface area contributed by atoms with Crippen molar-refractivity contribution in [1.82, 2.24) is 10.2 Å². The molecule has 0 fully saturated rings. The first-order valence-electron chi connectivity index (χ1n) is 6.01. The zero-order chi connectivity index (χ0) is 14.3. The number of carbonyl (C=O) groups excluding carboxylic acids is 2. The Balaban J connectivity index is 2.55. The number of nitrogens with one attached hydrogen (secondary N) is 1. The number of amides is 2. The number of benzene rings is 1. The summed E-state index contributed by atoms with van der Waals surface area (Å²) in [6.07, 6.45) is 0. The van der Waals surface area contributed by atoms with E-state index in [9.17, 15) is 9.59 Å². The molecular formula is C13H17ClN2O3. The third-order valence-electron chi connectivity index (χ3n) is 2.62. The number of likely N-dealkylation sites (N-methyl/N-ethyl adjacent to an activating group) is 1. The number of aliphatic hydroxyl groups is 1. The molecule has 19 heavy (non-hydrogen) atoms. The van der Waals surface area contributed by atoms with Crippen molar-refractivity contribution in [3.05, 3.63) is 34.9 Å². The van der Waals surface area contributed by atoms with E-state index < -0.39 is 0 Å². The van der Waals surface area contributed by atoms with E-state index in [0.29, 0.717) is 17.1 Å². The van der Waals surface area contributed by atoms with Crippen LogP contribution in [-0.2, 0) is 4.79 Å². The van der Waals surface area contributed by atoms with E-state index in [1.54, 1.807) is 24.3 Å². The molecule has 1 aromatic rings. The first kappa shape index (κ1) is 15.5. The lowest BCUT2D eigenvalue weighted by molar-refractivity contribution is -0.130. The van der Waals surface area contributed by atoms with E-state index in [4.69, 9.17) is 16.7 Å². The Hall–Kier alpha value is -1.59. The number of nitrogens with zero attached hydrogens (tertiary/aromatic N) is 1. The van der Waals surface area contributed by atoms with Gasteiger partial charge in [-0.25, -0.2) is 0 Å². The molecule has 0 aliphatic rings. The number of aliphatic hydroxyl groups excluding tert-OH is 1. The lowest BCUT2D eigenvalue weighted by Gasteiger charge is -2.19. The molecule has 2 amide bonds. The molecule has 1 aromatic carbocycles. The zero-order valence-corrected chi connectivity index (χ0v) is 11.5. The largest absolute Gasteiger partial charge is 0.395 e. The van der Waals surface area contributed by atoms with Gasteiger partial charge in [-0.15, -0.1) is 0 Å². The first-order chi connectivity index (χ1) is 9.10. The third kappa shape index (κ3) is 4.54. The summed E-state index contributed by atoms with van der Waals surface area (Å²) in [5, 5.41) is 11.7. The average Bonchev–Trinajstić information content (AvgIpc) is 2.42. The van der Waals surface area contributed by atoms with Crippen molar-refractivity contribution in [2.45, 2.75) is 6.92 Å². The quantitative estimate of drug-likeness (QED) is 0.816. The standard InChI is InChI=1S/C13H17ClN2O3/c1-2-16(7-8-17)12(18)9-15-13(19)10-5-3-4-6-11(10)14/h3-6,17H,2,7-9H2,1H3,(H,15,19). The summed E-state index contributed by atoms with van der Waals surface area (Å²) in [7, 11) is 0. The van der Waals surface area contributed by atoms with Gasteiger partial charge >= 0.3 is 0 Å². The summed E-state index contributed by atoms with van der Waals surface area (Å²) in [6.45, 7) is 2.35. The molecular weight excluding hydrogens is 268 g/mol. The van der Waals surface area contributed by atoms with Crippen molar-refractivity contribution < 1.29 is 14.7 Å². The van der Waals surface area contributed by atoms with Crippen LogP contribution in [0.15, 0.2) is 24.3 Å². The minimum Gasteiger partial charge on any atom is -0.395 e. The summed E-state index contributed by atoms with van der Waals surface area (Å²) in [6, 6.07) is 6.63. The topological polar surface area (TPSA) is 69.6 Å². The minimum atomic E-state index is -0.390. The van der Waals surface area contributed by atoms with Crippen LogP contribution >= 0.6 is 11.6 Å². The number of hydrogen-bond donors (Lipinski definition) is 2. The van der Waals surface area contributed by atoms with Crippen LogP contribution < -0.4 is 5.32 Å². The predicted octanol–water partition coefficient (Wildman–Crippen LogP) is 0.911. The lowest BCUT2D eigenvalue weighted by atomic mass is 10.2. The lowest BCUT2D eigenvalue weighted by Crippen LogP contribution is -2.41. The Morgan fingerprint density at radius 1 is 1.37 bits per heavy atom. The van der Waals surface area contributed by atoms with Gasteiger partial charge in [0.1, 0.15) is 0 Å². The number of carbonyl (C=O) groups is 2. The highest BCUT2D eigenvalue weighted by atomic mass is 35.5. The fraction of sp³-hybridized carbons (Fsp3) is 0.385. The van der Waals surface area contributed by atoms with Gasteiger partial charge in [-0.3, -0.25) is 9.59 Å². The minimum absolute atomic E-state index is 0.0992. The van der Waals surface area contributed by atoms with Gasteiger partial charge in [0, 0.05) is 13.1 Å². The van der Waals surface area contributed by atoms with Crippen molar-refractivity contribution in [2.75, 3.05) is 26.2 Å². The van der Waals surface area contributed by atoms with Crippen LogP contribution in [0.1, 0.15) is 17.3 Å². The Morgan fingerprint density at radius 2 is 2.05 bits per heavy atom. The normalized spacial score (nSPS) is 10.1. The van der Waals surface area contributed by atoms with E-state index in [0.717, 1.165) is 0 Å². The van der Waals surface area contributed by atoms with Crippen molar-refractivity contribution in [3.63, 3.8) is 0 Å². The molecule has 0 unspecified atom stereocenters. The van der Waals surface area contributed by atoms with Crippen LogP contribution in [0.2, 0.25) is 5.02 Å². The Kier molecular flexibility index (Phi) is 6.32. The maximum atomic E-state index is 11.8. The fourth-order valence-electron chi connectivity index (χ4n) is 1.59. The van der Waals surface area contributed by atoms with Gasteiger partial charge in [0.2, 0.25) is 5.91 Å². The molecule has 0 saturated carbocycles. The second-order valence-electron chi connectivity index (χ2n) is 3.86. The van der Waals surface area contributed by atoms with Crippen LogP contribution in [0.25, 0.3) is 0 Å². The Morgan fingerprint density at radius 3 is 2.63 bits per heavy atom. The average molecular weight is 285 g/mol. The third-order valence-corrected chi connectivity index (χ3v) is 2.95. The predicted molar refractivity (Wildman–Crippen MR) is 73.1 cm³/mol. The van der Waals surface area contributed by atoms with E-state index >= 15 is 0 Å². The number of rotatable bonds is 6. The van der Waals surface area contributed by atoms with Crippen molar-refractivity contribution >= 4 is 23.4 Å². The molecule has 0 aliphatic carbocycles. The van der Waals surface area contributed by atoms with Crippen molar-refractivity contribution in [2.24, 2.45) is 0 Å². The highest BCUT2D eigenvalue weighted by Gasteiger charge is 2.14. The van der Waals surface area contributed by atoms with Crippen molar-refractivity contribution in [3.8, 4) is 0 Å². The summed E-state index contributed by atoms with van der Waals surface area (Å²) in [5.41, 5.74) is 0.335. The molecule has 0 spiro atoms. The van der Waals surface area contributed by atoms with Crippen molar-refractivity contribution in [1.29, 1.82) is 0 Å². The maximum absolute atomic E-state index is 11.8. The summed E-state index contributed by atoms with van der Waals surface area (Å²) in [5.74, 6) is -0.629. The maximum Gasteiger partial charge on any atom is 0.253 e. The summed E-state index contributed by atoms with van der Waals surface area (Å²) < 4.78 is 0. The number of hydrogen-bond acceptors (Lipinski definition) is 3. The first-order valence-corrected chi connectivity index (χ1v) is 6.39. The molecule has 0 aromatic heterocycles. The summed E-state index contributed by atoms with van der Waals surface area (Å²) >= 11 is 5.88. The van der Waals surface area contributed by atoms with Crippen LogP contribution in [0.3, 0.4) is 0 Å². The van der Waals surface area contributed by atoms with Gasteiger partial charge in [0.15, 0.2) is 0 Å². The molecule has 104 valence electrons. The van der Waals surface area contributed by atoms with E-state index in [-0.39, 0.29) is 31.5 Å². The molecule has 0 saturated heterocycles. The molecule has 0 bridgehead atoms. The molecule has 0 radical (unpaired) electrons. The van der Waals surface area contributed by atoms with Gasteiger partial charge in [-0.2, -0.15) is 0 Å². The second-order valence-corrected chi connectivity index (χ2v) is 4.27. The van der Waals surface area contributed by atoms with Crippen LogP contribution in [0, 0.1) is 0 Å². The molecule has 0 aliphatic heterocycles. The van der Waals surface area contributed by atoms with Crippen LogP contribution in [-0.4, -0.2) is 48.1 Å². The molecule has 0 atom stereocenters. The Bertz CT molecular complexity index is 451. The molecule has 5 nitrogen and oxygen atoms in total. The van der Waals surface area contributed by atoms with E-state index in [2.05, 4.69) is 5.32 Å². The fourth-order valence-corrected chi connectivity index (χ4v) is 1.81. The molecule has 2 N–H and O–H groups in total. The van der Waals surface area contributed by atoms with Gasteiger partial charge in [0.25, 0.3) is 5.91 Å². The Labute approximate surface area is 117 Å². The second kappa shape index (κ2) is 7.76. The van der Waals surface area contributed by atoms with Gasteiger partial charge in [-0.1, -0.05) is 23.7 Å². The molecule has 0 heterocycles. The van der Waals surface area contributed by atoms with E-state index in [1.165, 1.54) is 4.90 Å². The van der Waals surface area contributed by atoms with E-state index in [1.807, 2.05) is 6.92 Å². The van der Waals surface area contributed by atoms with Gasteiger partial charge < -0.3 is 15.3 Å². The van der Waals surface area contributed by atoms with Gasteiger partial charge in [0.05, 0.1) is 23.7 Å². The highest BCUT2D eigenvalue weighted by Crippen LogP contribution is 2.14. The van der Waals surface area contributed by atoms with Crippen LogP contribution in [0.4, 0.5) is 0 Å². The monoisotopic (exact) mass is 284 g/mol. The zero-order valence-electron chi connectivity index (χ0n) is 10.7. The molecule has 1 rings (SSSR count). The summed E-state index contributed by atoms with van der Waals surface area (Å²) in [4.78, 5) is 25.0.